The lowest BCUT2D eigenvalue weighted by atomic mass is 9.97. The van der Waals surface area contributed by atoms with Crippen LogP contribution in [0.4, 0.5) is 0 Å². The van der Waals surface area contributed by atoms with Gasteiger partial charge >= 0.3 is 0 Å². The molecule has 0 saturated heterocycles. The molecule has 3 heteroatoms. The normalized spacial score (nSPS) is 15.4. The summed E-state index contributed by atoms with van der Waals surface area (Å²) >= 11 is 0. The number of fused-ring (bicyclic) bond motifs is 1. The van der Waals surface area contributed by atoms with E-state index in [1.165, 1.54) is 30.0 Å². The molecule has 0 aromatic heterocycles. The Morgan fingerprint density at radius 1 is 1.03 bits per heavy atom. The second kappa shape index (κ2) is 10.7. The number of amides is 1. The standard InChI is InChI=1S/C29H35NO2/c1-3-4-11-23-18-19-25(32-24-14-6-5-7-15-24)20-28(23)29(31)30-21(2)26-17-10-13-22-12-8-9-16-27(22)26/h8-10,12-13,16-21,24H,3-7,11,14-15H2,1-2H3,(H,30,31)/t21-/m1/s1. The molecule has 0 spiro atoms. The fourth-order valence-corrected chi connectivity index (χ4v) is 4.78. The highest BCUT2D eigenvalue weighted by atomic mass is 16.5. The van der Waals surface area contributed by atoms with Gasteiger partial charge in [0, 0.05) is 5.56 Å². The zero-order chi connectivity index (χ0) is 22.3. The van der Waals surface area contributed by atoms with Crippen molar-refractivity contribution in [3.63, 3.8) is 0 Å². The highest BCUT2D eigenvalue weighted by Gasteiger charge is 2.19. The SMILES string of the molecule is CCCCc1ccc(OC2CCCCC2)cc1C(=O)N[C@H](C)c1cccc2ccccc12. The molecule has 4 rings (SSSR count). The van der Waals surface area contributed by atoms with Crippen LogP contribution in [0.3, 0.4) is 0 Å². The lowest BCUT2D eigenvalue weighted by Crippen LogP contribution is -2.28. The van der Waals surface area contributed by atoms with Crippen LogP contribution in [-0.4, -0.2) is 12.0 Å². The van der Waals surface area contributed by atoms with Gasteiger partial charge < -0.3 is 10.1 Å². The molecule has 1 aliphatic carbocycles. The van der Waals surface area contributed by atoms with Gasteiger partial charge in [0.25, 0.3) is 5.91 Å². The van der Waals surface area contributed by atoms with Crippen LogP contribution < -0.4 is 10.1 Å². The van der Waals surface area contributed by atoms with Crippen LogP contribution in [0.1, 0.15) is 86.3 Å². The molecule has 0 unspecified atom stereocenters. The van der Waals surface area contributed by atoms with Gasteiger partial charge in [0.2, 0.25) is 0 Å². The first-order chi connectivity index (χ1) is 15.7. The van der Waals surface area contributed by atoms with E-state index in [9.17, 15) is 4.79 Å². The molecule has 1 atom stereocenters. The minimum atomic E-state index is -0.0875. The molecule has 0 aliphatic heterocycles. The first kappa shape index (κ1) is 22.4. The largest absolute Gasteiger partial charge is 0.490 e. The summed E-state index contributed by atoms with van der Waals surface area (Å²) in [4.78, 5) is 13.4. The van der Waals surface area contributed by atoms with Crippen molar-refractivity contribution in [2.75, 3.05) is 0 Å². The van der Waals surface area contributed by atoms with E-state index in [0.29, 0.717) is 0 Å². The Kier molecular flexibility index (Phi) is 7.47. The van der Waals surface area contributed by atoms with Gasteiger partial charge in [-0.2, -0.15) is 0 Å². The molecule has 0 radical (unpaired) electrons. The fraction of sp³-hybridized carbons (Fsp3) is 0.414. The summed E-state index contributed by atoms with van der Waals surface area (Å²) in [6.07, 6.45) is 9.34. The fourth-order valence-electron chi connectivity index (χ4n) is 4.78. The maximum atomic E-state index is 13.4. The second-order valence-electron chi connectivity index (χ2n) is 9.06. The predicted molar refractivity (Wildman–Crippen MR) is 132 cm³/mol. The lowest BCUT2D eigenvalue weighted by Gasteiger charge is -2.24. The third-order valence-electron chi connectivity index (χ3n) is 6.62. The third-order valence-corrected chi connectivity index (χ3v) is 6.62. The summed E-state index contributed by atoms with van der Waals surface area (Å²) in [7, 11) is 0. The third kappa shape index (κ3) is 5.32. The van der Waals surface area contributed by atoms with Gasteiger partial charge in [-0.15, -0.1) is 0 Å². The highest BCUT2D eigenvalue weighted by Crippen LogP contribution is 2.28. The van der Waals surface area contributed by atoms with Crippen LogP contribution in [0.25, 0.3) is 10.8 Å². The van der Waals surface area contributed by atoms with Gasteiger partial charge in [-0.05, 0) is 79.5 Å². The molecule has 32 heavy (non-hydrogen) atoms. The number of nitrogens with one attached hydrogen (secondary N) is 1. The summed E-state index contributed by atoms with van der Waals surface area (Å²) in [5.41, 5.74) is 2.99. The van der Waals surface area contributed by atoms with E-state index in [1.807, 2.05) is 18.2 Å². The molecule has 0 heterocycles. The lowest BCUT2D eigenvalue weighted by molar-refractivity contribution is 0.0937. The Morgan fingerprint density at radius 2 is 1.81 bits per heavy atom. The van der Waals surface area contributed by atoms with Gasteiger partial charge in [0.15, 0.2) is 0 Å². The average molecular weight is 430 g/mol. The summed E-state index contributed by atoms with van der Waals surface area (Å²) in [6.45, 7) is 4.25. The number of benzene rings is 3. The van der Waals surface area contributed by atoms with E-state index in [-0.39, 0.29) is 18.1 Å². The maximum absolute atomic E-state index is 13.4. The smallest absolute Gasteiger partial charge is 0.252 e. The van der Waals surface area contributed by atoms with Crippen LogP contribution in [0.15, 0.2) is 60.7 Å². The quantitative estimate of drug-likeness (QED) is 0.405. The maximum Gasteiger partial charge on any atom is 0.252 e. The Balaban J connectivity index is 1.56. The number of hydrogen-bond acceptors (Lipinski definition) is 2. The van der Waals surface area contributed by atoms with E-state index in [0.717, 1.165) is 54.5 Å². The van der Waals surface area contributed by atoms with Gasteiger partial charge in [0.05, 0.1) is 12.1 Å². The Labute approximate surface area is 192 Å². The van der Waals surface area contributed by atoms with E-state index in [1.54, 1.807) is 0 Å². The van der Waals surface area contributed by atoms with Crippen LogP contribution in [0.2, 0.25) is 0 Å². The Morgan fingerprint density at radius 3 is 2.62 bits per heavy atom. The summed E-state index contributed by atoms with van der Waals surface area (Å²) in [6, 6.07) is 20.6. The molecular formula is C29H35NO2. The number of aryl methyl sites for hydroxylation is 1. The molecule has 3 aromatic rings. The molecule has 3 aromatic carbocycles. The van der Waals surface area contributed by atoms with E-state index in [2.05, 4.69) is 61.6 Å². The number of rotatable bonds is 8. The van der Waals surface area contributed by atoms with Crippen molar-refractivity contribution in [1.82, 2.24) is 5.32 Å². The molecule has 0 bridgehead atoms. The molecule has 1 aliphatic rings. The zero-order valence-electron chi connectivity index (χ0n) is 19.4. The molecule has 1 fully saturated rings. The number of carbonyl (C=O) groups is 1. The van der Waals surface area contributed by atoms with E-state index < -0.39 is 0 Å². The van der Waals surface area contributed by atoms with Gasteiger partial charge in [-0.1, -0.05) is 68.3 Å². The van der Waals surface area contributed by atoms with E-state index in [4.69, 9.17) is 4.74 Å². The zero-order valence-corrected chi connectivity index (χ0v) is 19.4. The molecule has 168 valence electrons. The summed E-state index contributed by atoms with van der Waals surface area (Å²) in [5.74, 6) is 0.797. The van der Waals surface area contributed by atoms with E-state index >= 15 is 0 Å². The highest BCUT2D eigenvalue weighted by molar-refractivity contribution is 5.97. The number of carbonyl (C=O) groups excluding carboxylic acids is 1. The van der Waals surface area contributed by atoms with Gasteiger partial charge in [0.1, 0.15) is 5.75 Å². The van der Waals surface area contributed by atoms with Crippen molar-refractivity contribution in [2.24, 2.45) is 0 Å². The van der Waals surface area contributed by atoms with Crippen molar-refractivity contribution >= 4 is 16.7 Å². The molecule has 3 nitrogen and oxygen atoms in total. The summed E-state index contributed by atoms with van der Waals surface area (Å²) < 4.78 is 6.27. The molecule has 1 saturated carbocycles. The molecule has 1 amide bonds. The van der Waals surface area contributed by atoms with Crippen molar-refractivity contribution in [1.29, 1.82) is 0 Å². The minimum absolute atomic E-state index is 0.0226. The van der Waals surface area contributed by atoms with Gasteiger partial charge in [-0.25, -0.2) is 0 Å². The van der Waals surface area contributed by atoms with Crippen LogP contribution >= 0.6 is 0 Å². The van der Waals surface area contributed by atoms with Crippen molar-refractivity contribution in [2.45, 2.75) is 77.4 Å². The van der Waals surface area contributed by atoms with Crippen molar-refractivity contribution in [3.8, 4) is 5.75 Å². The van der Waals surface area contributed by atoms with Gasteiger partial charge in [-0.3, -0.25) is 4.79 Å². The average Bonchev–Trinajstić information content (AvgIpc) is 2.83. The number of unbranched alkanes of at least 4 members (excludes halogenated alkanes) is 1. The minimum Gasteiger partial charge on any atom is -0.490 e. The van der Waals surface area contributed by atoms with Crippen LogP contribution in [0, 0.1) is 0 Å². The van der Waals surface area contributed by atoms with Crippen LogP contribution in [-0.2, 0) is 6.42 Å². The second-order valence-corrected chi connectivity index (χ2v) is 9.06. The molecular weight excluding hydrogens is 394 g/mol. The first-order valence-electron chi connectivity index (χ1n) is 12.2. The first-order valence-corrected chi connectivity index (χ1v) is 12.2. The topological polar surface area (TPSA) is 38.3 Å². The van der Waals surface area contributed by atoms with Crippen molar-refractivity contribution < 1.29 is 9.53 Å². The number of ether oxygens (including phenoxy) is 1. The monoisotopic (exact) mass is 429 g/mol. The Hall–Kier alpha value is -2.81. The number of hydrogen-bond donors (Lipinski definition) is 1. The Bertz CT molecular complexity index is 1050. The predicted octanol–water partition coefficient (Wildman–Crippen LogP) is 7.38. The summed E-state index contributed by atoms with van der Waals surface area (Å²) in [5, 5.41) is 5.63. The molecule has 1 N–H and O–H groups in total. The van der Waals surface area contributed by atoms with Crippen LogP contribution in [0.5, 0.6) is 5.75 Å². The van der Waals surface area contributed by atoms with Crippen molar-refractivity contribution in [3.05, 3.63) is 77.4 Å².